The fraction of sp³-hybridized carbons (Fsp3) is 0.222. The van der Waals surface area contributed by atoms with Crippen LogP contribution in [-0.4, -0.2) is 31.8 Å². The maximum atomic E-state index is 12.8. The summed E-state index contributed by atoms with van der Waals surface area (Å²) >= 11 is 6.05. The lowest BCUT2D eigenvalue weighted by Crippen LogP contribution is -2.44. The third-order valence-corrected chi connectivity index (χ3v) is 4.03. The number of benzene rings is 2. The largest absolute Gasteiger partial charge is 0.487 e. The number of carbonyl (C=O) groups is 2. The highest BCUT2D eigenvalue weighted by Gasteiger charge is 2.28. The molecule has 3 rings (SSSR count). The number of hydrogen-bond donors (Lipinski definition) is 1. The number of carbonyl (C=O) groups excluding carboxylic acids is 2. The lowest BCUT2D eigenvalue weighted by atomic mass is 10.1. The van der Waals surface area contributed by atoms with Crippen LogP contribution >= 0.6 is 11.6 Å². The number of urea groups is 1. The van der Waals surface area contributed by atoms with Crippen molar-refractivity contribution < 1.29 is 19.1 Å². The smallest absolute Gasteiger partial charge is 0.339 e. The number of fused-ring (bicyclic) bond motifs is 1. The van der Waals surface area contributed by atoms with Crippen molar-refractivity contribution in [3.63, 3.8) is 0 Å². The van der Waals surface area contributed by atoms with Gasteiger partial charge in [0, 0.05) is 5.02 Å². The van der Waals surface area contributed by atoms with Gasteiger partial charge >= 0.3 is 12.0 Å². The van der Waals surface area contributed by atoms with E-state index in [1.165, 1.54) is 7.11 Å². The van der Waals surface area contributed by atoms with Gasteiger partial charge in [0.25, 0.3) is 0 Å². The molecule has 0 aromatic heterocycles. The summed E-state index contributed by atoms with van der Waals surface area (Å²) in [5.41, 5.74) is 1.24. The standard InChI is InChI=1S/C18H17ClN2O4/c1-11-10-21(15-9-12(19)7-8-16(15)25-11)18(23)20-14-6-4-3-5-13(14)17(22)24-2/h3-9,11H,10H2,1-2H3,(H,20,23)/t11-/m1/s1. The SMILES string of the molecule is COC(=O)c1ccccc1NC(=O)N1C[C@@H](C)Oc2ccc(Cl)cc21. The molecule has 2 amide bonds. The molecule has 0 radical (unpaired) electrons. The summed E-state index contributed by atoms with van der Waals surface area (Å²) in [4.78, 5) is 26.2. The van der Waals surface area contributed by atoms with Crippen LogP contribution in [-0.2, 0) is 4.74 Å². The number of halogens is 1. The monoisotopic (exact) mass is 360 g/mol. The predicted molar refractivity (Wildman–Crippen MR) is 95.7 cm³/mol. The maximum Gasteiger partial charge on any atom is 0.339 e. The lowest BCUT2D eigenvalue weighted by molar-refractivity contribution is 0.0602. The van der Waals surface area contributed by atoms with E-state index >= 15 is 0 Å². The average Bonchev–Trinajstić information content (AvgIpc) is 2.61. The van der Waals surface area contributed by atoms with Gasteiger partial charge in [-0.25, -0.2) is 9.59 Å². The van der Waals surface area contributed by atoms with Crippen LogP contribution < -0.4 is 15.0 Å². The van der Waals surface area contributed by atoms with Gasteiger partial charge in [0.2, 0.25) is 0 Å². The summed E-state index contributed by atoms with van der Waals surface area (Å²) in [6, 6.07) is 11.4. The molecule has 1 aliphatic rings. The number of esters is 1. The van der Waals surface area contributed by atoms with Gasteiger partial charge in [0.1, 0.15) is 11.9 Å². The average molecular weight is 361 g/mol. The van der Waals surface area contributed by atoms with E-state index in [4.69, 9.17) is 21.1 Å². The first kappa shape index (κ1) is 17.1. The third-order valence-electron chi connectivity index (χ3n) is 3.80. The van der Waals surface area contributed by atoms with Crippen molar-refractivity contribution in [2.45, 2.75) is 13.0 Å². The summed E-state index contributed by atoms with van der Waals surface area (Å²) in [6.07, 6.45) is -0.171. The second-order valence-electron chi connectivity index (χ2n) is 5.62. The first-order chi connectivity index (χ1) is 12.0. The molecule has 0 saturated carbocycles. The summed E-state index contributed by atoms with van der Waals surface area (Å²) in [6.45, 7) is 2.24. The minimum Gasteiger partial charge on any atom is -0.487 e. The minimum atomic E-state index is -0.519. The summed E-state index contributed by atoms with van der Waals surface area (Å²) < 4.78 is 10.5. The zero-order valence-corrected chi connectivity index (χ0v) is 14.5. The number of nitrogens with zero attached hydrogens (tertiary/aromatic N) is 1. The molecule has 6 nitrogen and oxygen atoms in total. The van der Waals surface area contributed by atoms with E-state index in [1.807, 2.05) is 6.92 Å². The lowest BCUT2D eigenvalue weighted by Gasteiger charge is -2.33. The molecule has 0 fully saturated rings. The number of para-hydroxylation sites is 1. The first-order valence-corrected chi connectivity index (χ1v) is 8.09. The van der Waals surface area contributed by atoms with E-state index in [2.05, 4.69) is 5.32 Å². The zero-order valence-electron chi connectivity index (χ0n) is 13.8. The third kappa shape index (κ3) is 3.53. The molecule has 0 bridgehead atoms. The van der Waals surface area contributed by atoms with Gasteiger partial charge in [-0.05, 0) is 37.3 Å². The number of nitrogens with one attached hydrogen (secondary N) is 1. The minimum absolute atomic E-state index is 0.171. The Balaban J connectivity index is 1.90. The van der Waals surface area contributed by atoms with E-state index in [1.54, 1.807) is 47.4 Å². The van der Waals surface area contributed by atoms with Gasteiger partial charge in [-0.1, -0.05) is 23.7 Å². The van der Waals surface area contributed by atoms with E-state index in [-0.39, 0.29) is 17.7 Å². The molecule has 1 N–H and O–H groups in total. The molecule has 2 aromatic carbocycles. The van der Waals surface area contributed by atoms with Crippen molar-refractivity contribution in [1.82, 2.24) is 0 Å². The molecular formula is C18H17ClN2O4. The van der Waals surface area contributed by atoms with E-state index < -0.39 is 5.97 Å². The van der Waals surface area contributed by atoms with Gasteiger partial charge < -0.3 is 14.8 Å². The molecule has 7 heteroatoms. The van der Waals surface area contributed by atoms with Gasteiger partial charge in [-0.3, -0.25) is 4.90 Å². The Morgan fingerprint density at radius 2 is 2.04 bits per heavy atom. The summed E-state index contributed by atoms with van der Waals surface area (Å²) in [7, 11) is 1.29. The number of rotatable bonds is 2. The van der Waals surface area contributed by atoms with Crippen LogP contribution in [0.4, 0.5) is 16.2 Å². The van der Waals surface area contributed by atoms with Gasteiger partial charge in [0.05, 0.1) is 30.6 Å². The van der Waals surface area contributed by atoms with Gasteiger partial charge in [-0.15, -0.1) is 0 Å². The Hall–Kier alpha value is -2.73. The summed E-state index contributed by atoms with van der Waals surface area (Å²) in [5, 5.41) is 3.27. The zero-order chi connectivity index (χ0) is 18.0. The van der Waals surface area contributed by atoms with Gasteiger partial charge in [-0.2, -0.15) is 0 Å². The van der Waals surface area contributed by atoms with Crippen LogP contribution in [0.25, 0.3) is 0 Å². The molecule has 0 spiro atoms. The predicted octanol–water partition coefficient (Wildman–Crippen LogP) is 3.95. The number of hydrogen-bond acceptors (Lipinski definition) is 4. The molecule has 25 heavy (non-hydrogen) atoms. The molecule has 0 saturated heterocycles. The van der Waals surface area contributed by atoms with Crippen LogP contribution in [0, 0.1) is 0 Å². The topological polar surface area (TPSA) is 67.9 Å². The Kier molecular flexibility index (Phi) is 4.81. The van der Waals surface area contributed by atoms with Crippen LogP contribution in [0.15, 0.2) is 42.5 Å². The van der Waals surface area contributed by atoms with Crippen LogP contribution in [0.3, 0.4) is 0 Å². The fourth-order valence-corrected chi connectivity index (χ4v) is 2.83. The van der Waals surface area contributed by atoms with Crippen LogP contribution in [0.1, 0.15) is 17.3 Å². The van der Waals surface area contributed by atoms with Crippen molar-refractivity contribution in [3.05, 3.63) is 53.1 Å². The van der Waals surface area contributed by atoms with Crippen molar-refractivity contribution in [3.8, 4) is 5.75 Å². The number of methoxy groups -OCH3 is 1. The quantitative estimate of drug-likeness (QED) is 0.823. The molecule has 1 aliphatic heterocycles. The number of ether oxygens (including phenoxy) is 2. The van der Waals surface area contributed by atoms with Crippen molar-refractivity contribution in [2.24, 2.45) is 0 Å². The summed E-state index contributed by atoms with van der Waals surface area (Å²) in [5.74, 6) is 0.0641. The Morgan fingerprint density at radius 3 is 2.80 bits per heavy atom. The van der Waals surface area contributed by atoms with Crippen LogP contribution in [0.2, 0.25) is 5.02 Å². The first-order valence-electron chi connectivity index (χ1n) is 7.71. The second-order valence-corrected chi connectivity index (χ2v) is 6.05. The number of amides is 2. The molecule has 0 unspecified atom stereocenters. The highest BCUT2D eigenvalue weighted by molar-refractivity contribution is 6.31. The van der Waals surface area contributed by atoms with Crippen molar-refractivity contribution >= 4 is 35.0 Å². The number of anilines is 2. The molecule has 1 atom stereocenters. The second kappa shape index (κ2) is 7.03. The molecule has 0 aliphatic carbocycles. The highest BCUT2D eigenvalue weighted by atomic mass is 35.5. The Bertz CT molecular complexity index is 824. The Labute approximate surface area is 150 Å². The Morgan fingerprint density at radius 1 is 1.28 bits per heavy atom. The fourth-order valence-electron chi connectivity index (χ4n) is 2.67. The van der Waals surface area contributed by atoms with Gasteiger partial charge in [0.15, 0.2) is 0 Å². The molecule has 1 heterocycles. The molecular weight excluding hydrogens is 344 g/mol. The van der Waals surface area contributed by atoms with E-state index in [0.717, 1.165) is 0 Å². The normalized spacial score (nSPS) is 15.8. The van der Waals surface area contributed by atoms with E-state index in [0.29, 0.717) is 28.7 Å². The van der Waals surface area contributed by atoms with Crippen molar-refractivity contribution in [2.75, 3.05) is 23.9 Å². The highest BCUT2D eigenvalue weighted by Crippen LogP contribution is 2.36. The molecule has 2 aromatic rings. The molecule has 130 valence electrons. The maximum absolute atomic E-state index is 12.8. The van der Waals surface area contributed by atoms with E-state index in [9.17, 15) is 9.59 Å². The van der Waals surface area contributed by atoms with Crippen molar-refractivity contribution in [1.29, 1.82) is 0 Å². The van der Waals surface area contributed by atoms with Crippen LogP contribution in [0.5, 0.6) is 5.75 Å².